The fourth-order valence-electron chi connectivity index (χ4n) is 4.24. The lowest BCUT2D eigenvalue weighted by molar-refractivity contribution is 0.483. The molecule has 0 unspecified atom stereocenters. The Labute approximate surface area is 165 Å². The van der Waals surface area contributed by atoms with Crippen LogP contribution in [0.3, 0.4) is 0 Å². The molecule has 4 heteroatoms. The van der Waals surface area contributed by atoms with Crippen LogP contribution in [-0.4, -0.2) is 10.8 Å². The lowest BCUT2D eigenvalue weighted by Crippen LogP contribution is -2.14. The zero-order valence-corrected chi connectivity index (χ0v) is 15.8. The number of hydrogen-bond acceptors (Lipinski definition) is 4. The van der Waals surface area contributed by atoms with E-state index in [2.05, 4.69) is 23.2 Å². The summed E-state index contributed by atoms with van der Waals surface area (Å²) in [5.41, 5.74) is 11.7. The van der Waals surface area contributed by atoms with Crippen molar-refractivity contribution in [2.24, 2.45) is 10.7 Å². The SMILES string of the molecule is NC1=NCc2nc(C3CCCC3)cc(-c3ccc(Oc4ccccc4)cc3)c21. The van der Waals surface area contributed by atoms with E-state index in [-0.39, 0.29) is 0 Å². The maximum atomic E-state index is 6.21. The van der Waals surface area contributed by atoms with Crippen molar-refractivity contribution in [1.29, 1.82) is 0 Å². The molecule has 5 rings (SSSR count). The van der Waals surface area contributed by atoms with E-state index in [1.165, 1.54) is 31.4 Å². The molecule has 3 aromatic rings. The first-order valence-electron chi connectivity index (χ1n) is 9.95. The van der Waals surface area contributed by atoms with Crippen LogP contribution in [0.25, 0.3) is 11.1 Å². The van der Waals surface area contributed by atoms with E-state index in [1.54, 1.807) is 0 Å². The van der Waals surface area contributed by atoms with E-state index in [1.807, 2.05) is 42.5 Å². The van der Waals surface area contributed by atoms with Crippen LogP contribution < -0.4 is 10.5 Å². The molecule has 4 nitrogen and oxygen atoms in total. The van der Waals surface area contributed by atoms with E-state index < -0.39 is 0 Å². The third kappa shape index (κ3) is 3.15. The summed E-state index contributed by atoms with van der Waals surface area (Å²) in [6.45, 7) is 0.587. The van der Waals surface area contributed by atoms with Gasteiger partial charge in [-0.15, -0.1) is 0 Å². The largest absolute Gasteiger partial charge is 0.457 e. The number of ether oxygens (including phenoxy) is 1. The van der Waals surface area contributed by atoms with Crippen LogP contribution in [0, 0.1) is 0 Å². The smallest absolute Gasteiger partial charge is 0.128 e. The van der Waals surface area contributed by atoms with E-state index in [4.69, 9.17) is 15.5 Å². The van der Waals surface area contributed by atoms with Crippen molar-refractivity contribution >= 4 is 5.84 Å². The van der Waals surface area contributed by atoms with Crippen molar-refractivity contribution in [1.82, 2.24) is 4.98 Å². The second-order valence-electron chi connectivity index (χ2n) is 7.54. The first-order valence-corrected chi connectivity index (χ1v) is 9.95. The van der Waals surface area contributed by atoms with Crippen molar-refractivity contribution in [2.45, 2.75) is 38.1 Å². The Bertz CT molecular complexity index is 1020. The number of aliphatic imine (C=N–C) groups is 1. The monoisotopic (exact) mass is 369 g/mol. The molecule has 2 aromatic carbocycles. The summed E-state index contributed by atoms with van der Waals surface area (Å²) in [6, 6.07) is 20.3. The van der Waals surface area contributed by atoms with E-state index in [9.17, 15) is 0 Å². The Kier molecular flexibility index (Phi) is 4.32. The average Bonchev–Trinajstić information content (AvgIpc) is 3.39. The Morgan fingerprint density at radius 3 is 2.36 bits per heavy atom. The number of nitrogens with two attached hydrogens (primary N) is 1. The van der Waals surface area contributed by atoms with Gasteiger partial charge in [0.2, 0.25) is 0 Å². The van der Waals surface area contributed by atoms with Gasteiger partial charge in [0.1, 0.15) is 17.3 Å². The minimum Gasteiger partial charge on any atom is -0.457 e. The van der Waals surface area contributed by atoms with Gasteiger partial charge >= 0.3 is 0 Å². The molecule has 28 heavy (non-hydrogen) atoms. The fourth-order valence-corrected chi connectivity index (χ4v) is 4.24. The molecule has 1 saturated carbocycles. The topological polar surface area (TPSA) is 60.5 Å². The first kappa shape index (κ1) is 17.0. The molecule has 0 saturated heterocycles. The van der Waals surface area contributed by atoms with Gasteiger partial charge in [-0.1, -0.05) is 43.2 Å². The van der Waals surface area contributed by atoms with Crippen LogP contribution in [0.1, 0.15) is 48.6 Å². The lowest BCUT2D eigenvalue weighted by atomic mass is 9.94. The number of benzene rings is 2. The second kappa shape index (κ2) is 7.12. The molecule has 2 aliphatic rings. The van der Waals surface area contributed by atoms with Crippen molar-refractivity contribution in [3.05, 3.63) is 77.6 Å². The zero-order chi connectivity index (χ0) is 18.9. The van der Waals surface area contributed by atoms with Crippen molar-refractivity contribution < 1.29 is 4.74 Å². The summed E-state index contributed by atoms with van der Waals surface area (Å²) in [5, 5.41) is 0. The van der Waals surface area contributed by atoms with Crippen molar-refractivity contribution in [3.63, 3.8) is 0 Å². The van der Waals surface area contributed by atoms with E-state index in [0.29, 0.717) is 18.3 Å². The highest BCUT2D eigenvalue weighted by molar-refractivity contribution is 6.06. The van der Waals surface area contributed by atoms with Crippen LogP contribution >= 0.6 is 0 Å². The molecule has 0 radical (unpaired) electrons. The summed E-state index contributed by atoms with van der Waals surface area (Å²) < 4.78 is 5.93. The Balaban J connectivity index is 1.50. The van der Waals surface area contributed by atoms with Crippen LogP contribution in [0.2, 0.25) is 0 Å². The molecule has 0 atom stereocenters. The number of para-hydroxylation sites is 1. The molecular formula is C24H23N3O. The summed E-state index contributed by atoms with van der Waals surface area (Å²) >= 11 is 0. The van der Waals surface area contributed by atoms with E-state index >= 15 is 0 Å². The van der Waals surface area contributed by atoms with Gasteiger partial charge in [0.25, 0.3) is 0 Å². The van der Waals surface area contributed by atoms with Gasteiger partial charge in [0.05, 0.1) is 12.2 Å². The summed E-state index contributed by atoms with van der Waals surface area (Å²) in [7, 11) is 0. The number of nitrogens with zero attached hydrogens (tertiary/aromatic N) is 2. The van der Waals surface area contributed by atoms with Gasteiger partial charge in [-0.05, 0) is 54.3 Å². The molecule has 1 aliphatic carbocycles. The highest BCUT2D eigenvalue weighted by Crippen LogP contribution is 2.38. The third-order valence-electron chi connectivity index (χ3n) is 5.69. The molecule has 2 N–H and O–H groups in total. The number of fused-ring (bicyclic) bond motifs is 1. The number of rotatable bonds is 4. The van der Waals surface area contributed by atoms with Crippen LogP contribution in [-0.2, 0) is 6.54 Å². The highest BCUT2D eigenvalue weighted by Gasteiger charge is 2.25. The second-order valence-corrected chi connectivity index (χ2v) is 7.54. The summed E-state index contributed by atoms with van der Waals surface area (Å²) in [6.07, 6.45) is 5.04. The van der Waals surface area contributed by atoms with Gasteiger partial charge in [0.15, 0.2) is 0 Å². The first-order chi connectivity index (χ1) is 13.8. The number of hydrogen-bond donors (Lipinski definition) is 1. The maximum absolute atomic E-state index is 6.21. The molecular weight excluding hydrogens is 346 g/mol. The Morgan fingerprint density at radius 2 is 1.61 bits per heavy atom. The van der Waals surface area contributed by atoms with Gasteiger partial charge in [-0.25, -0.2) is 0 Å². The van der Waals surface area contributed by atoms with Crippen LogP contribution in [0.4, 0.5) is 0 Å². The number of pyridine rings is 1. The minimum absolute atomic E-state index is 0.562. The third-order valence-corrected chi connectivity index (χ3v) is 5.69. The highest BCUT2D eigenvalue weighted by atomic mass is 16.5. The van der Waals surface area contributed by atoms with Gasteiger partial charge < -0.3 is 10.5 Å². The summed E-state index contributed by atoms with van der Waals surface area (Å²) in [5.74, 6) is 2.81. The lowest BCUT2D eigenvalue weighted by Gasteiger charge is -2.15. The van der Waals surface area contributed by atoms with Crippen LogP contribution in [0.15, 0.2) is 65.7 Å². The Morgan fingerprint density at radius 1 is 0.893 bits per heavy atom. The summed E-state index contributed by atoms with van der Waals surface area (Å²) in [4.78, 5) is 9.36. The predicted octanol–water partition coefficient (Wildman–Crippen LogP) is 5.42. The Hall–Kier alpha value is -3.14. The van der Waals surface area contributed by atoms with E-state index in [0.717, 1.165) is 33.9 Å². The fraction of sp³-hybridized carbons (Fsp3) is 0.250. The molecule has 0 amide bonds. The zero-order valence-electron chi connectivity index (χ0n) is 15.8. The normalized spacial score (nSPS) is 16.1. The molecule has 1 aliphatic heterocycles. The number of aromatic nitrogens is 1. The van der Waals surface area contributed by atoms with Crippen molar-refractivity contribution in [2.75, 3.05) is 0 Å². The molecule has 0 bridgehead atoms. The minimum atomic E-state index is 0.562. The quantitative estimate of drug-likeness (QED) is 0.668. The average molecular weight is 369 g/mol. The number of amidine groups is 1. The van der Waals surface area contributed by atoms with Crippen molar-refractivity contribution in [3.8, 4) is 22.6 Å². The maximum Gasteiger partial charge on any atom is 0.128 e. The van der Waals surface area contributed by atoms with Gasteiger partial charge in [0, 0.05) is 17.2 Å². The molecule has 2 heterocycles. The standard InChI is InChI=1S/C24H23N3O/c25-24-23-20(14-21(17-6-4-5-7-17)27-22(23)15-26-24)16-10-12-19(13-11-16)28-18-8-2-1-3-9-18/h1-3,8-14,17H,4-7,15H2,(H2,25,26). The molecule has 140 valence electrons. The van der Waals surface area contributed by atoms with Gasteiger partial charge in [-0.2, -0.15) is 0 Å². The van der Waals surface area contributed by atoms with Gasteiger partial charge in [-0.3, -0.25) is 9.98 Å². The predicted molar refractivity (Wildman–Crippen MR) is 112 cm³/mol. The molecule has 1 fully saturated rings. The molecule has 0 spiro atoms. The molecule has 1 aromatic heterocycles. The van der Waals surface area contributed by atoms with Crippen LogP contribution in [0.5, 0.6) is 11.5 Å².